The molecule has 2 heterocycles. The molecule has 136 valence electrons. The molecule has 0 bridgehead atoms. The van der Waals surface area contributed by atoms with Crippen LogP contribution in [0.25, 0.3) is 0 Å². The van der Waals surface area contributed by atoms with Crippen LogP contribution in [0.15, 0.2) is 30.3 Å². The molecule has 0 saturated carbocycles. The summed E-state index contributed by atoms with van der Waals surface area (Å²) in [6.07, 6.45) is -2.74. The third-order valence-corrected chi connectivity index (χ3v) is 4.70. The van der Waals surface area contributed by atoms with Gasteiger partial charge in [0, 0.05) is 12.1 Å². The van der Waals surface area contributed by atoms with Crippen molar-refractivity contribution in [3.05, 3.63) is 41.5 Å². The number of rotatable bonds is 1. The summed E-state index contributed by atoms with van der Waals surface area (Å²) in [5, 5.41) is 29.9. The Labute approximate surface area is 149 Å². The van der Waals surface area contributed by atoms with E-state index in [0.29, 0.717) is 17.1 Å². The predicted octanol–water partition coefficient (Wildman–Crippen LogP) is 2.32. The lowest BCUT2D eigenvalue weighted by atomic mass is 9.92. The van der Waals surface area contributed by atoms with Gasteiger partial charge in [0.05, 0.1) is 0 Å². The Morgan fingerprint density at radius 3 is 2.31 bits per heavy atom. The fraction of sp³-hybridized carbons (Fsp3) is 0.316. The van der Waals surface area contributed by atoms with Crippen molar-refractivity contribution in [2.24, 2.45) is 0 Å². The summed E-state index contributed by atoms with van der Waals surface area (Å²) in [5.41, 5.74) is 0.370. The zero-order chi connectivity index (χ0) is 18.6. The number of hydrogen-bond donors (Lipinski definition) is 3. The molecule has 2 aromatic carbocycles. The number of hydrogen-bond acceptors (Lipinski definition) is 7. The molecule has 7 nitrogen and oxygen atoms in total. The third-order valence-electron chi connectivity index (χ3n) is 4.70. The summed E-state index contributed by atoms with van der Waals surface area (Å²) in [7, 11) is 0. The molecule has 0 radical (unpaired) electrons. The van der Waals surface area contributed by atoms with E-state index in [0.717, 1.165) is 6.07 Å². The average Bonchev–Trinajstić information content (AvgIpc) is 2.58. The predicted molar refractivity (Wildman–Crippen MR) is 90.1 cm³/mol. The van der Waals surface area contributed by atoms with Gasteiger partial charge in [-0.15, -0.1) is 0 Å². The summed E-state index contributed by atoms with van der Waals surface area (Å²) in [5.74, 6) is -0.264. The van der Waals surface area contributed by atoms with E-state index in [9.17, 15) is 20.1 Å². The van der Waals surface area contributed by atoms with Gasteiger partial charge >= 0.3 is 0 Å². The molecule has 2 aliphatic rings. The van der Waals surface area contributed by atoms with Gasteiger partial charge in [-0.05, 0) is 31.5 Å². The quantitative estimate of drug-likeness (QED) is 0.718. The van der Waals surface area contributed by atoms with Crippen molar-refractivity contribution < 1.29 is 34.3 Å². The number of aromatic hydroxyl groups is 2. The molecule has 2 unspecified atom stereocenters. The number of ether oxygens (including phenoxy) is 3. The number of benzene rings is 2. The van der Waals surface area contributed by atoms with Crippen molar-refractivity contribution in [3.8, 4) is 28.7 Å². The first kappa shape index (κ1) is 16.5. The second-order valence-corrected chi connectivity index (χ2v) is 6.54. The van der Waals surface area contributed by atoms with Crippen LogP contribution in [0.5, 0.6) is 28.7 Å². The molecule has 0 amide bonds. The second-order valence-electron chi connectivity index (χ2n) is 6.54. The Balaban J connectivity index is 1.73. The van der Waals surface area contributed by atoms with E-state index in [1.807, 2.05) is 13.8 Å². The number of aliphatic hydroxyl groups excluding tert-OH is 1. The van der Waals surface area contributed by atoms with E-state index < -0.39 is 23.7 Å². The van der Waals surface area contributed by atoms with E-state index in [1.165, 1.54) is 6.07 Å². The van der Waals surface area contributed by atoms with Crippen LogP contribution < -0.4 is 14.2 Å². The minimum atomic E-state index is -1.50. The van der Waals surface area contributed by atoms with Crippen molar-refractivity contribution >= 4 is 5.78 Å². The fourth-order valence-electron chi connectivity index (χ4n) is 3.15. The Morgan fingerprint density at radius 2 is 1.58 bits per heavy atom. The number of ketones is 1. The van der Waals surface area contributed by atoms with Gasteiger partial charge < -0.3 is 29.5 Å². The number of Topliss-reactive ketones (excluding diaryl/α,β-unsaturated/α-hetero) is 1. The number of phenols is 2. The van der Waals surface area contributed by atoms with Crippen molar-refractivity contribution in [2.75, 3.05) is 0 Å². The normalized spacial score (nSPS) is 26.8. The Bertz CT molecular complexity index is 892. The van der Waals surface area contributed by atoms with Crippen LogP contribution in [0.4, 0.5) is 0 Å². The molecule has 0 saturated heterocycles. The summed E-state index contributed by atoms with van der Waals surface area (Å²) in [6, 6.07) is 7.29. The van der Waals surface area contributed by atoms with Crippen molar-refractivity contribution in [3.63, 3.8) is 0 Å². The number of aliphatic hydroxyl groups is 1. The van der Waals surface area contributed by atoms with E-state index in [4.69, 9.17) is 14.2 Å². The minimum Gasteiger partial charge on any atom is -0.508 e. The minimum absolute atomic E-state index is 0.0136. The molecule has 0 spiro atoms. The van der Waals surface area contributed by atoms with Gasteiger partial charge in [-0.3, -0.25) is 4.79 Å². The van der Waals surface area contributed by atoms with E-state index in [2.05, 4.69) is 0 Å². The zero-order valence-corrected chi connectivity index (χ0v) is 14.2. The highest BCUT2D eigenvalue weighted by atomic mass is 16.6. The first-order valence-electron chi connectivity index (χ1n) is 8.27. The van der Waals surface area contributed by atoms with Crippen LogP contribution in [-0.4, -0.2) is 39.4 Å². The maximum Gasteiger partial charge on any atom is 0.202 e. The third kappa shape index (κ3) is 2.52. The van der Waals surface area contributed by atoms with Gasteiger partial charge in [-0.1, -0.05) is 6.07 Å². The topological polar surface area (TPSA) is 105 Å². The standard InChI is InChI=1S/C19H18O7/c1-8-9(2)25-14-5-10(3-4-13(14)24-8)19-18(23)17(22)16-12(21)6-11(20)7-15(16)26-19/h3-9,18-21,23H,1-2H3/t8?,9?,18-,19+/m0/s1. The van der Waals surface area contributed by atoms with Gasteiger partial charge in [0.15, 0.2) is 23.7 Å². The molecule has 0 aliphatic carbocycles. The second kappa shape index (κ2) is 5.81. The molecular formula is C19H18O7. The van der Waals surface area contributed by atoms with E-state index in [1.54, 1.807) is 18.2 Å². The van der Waals surface area contributed by atoms with Gasteiger partial charge in [-0.2, -0.15) is 0 Å². The highest BCUT2D eigenvalue weighted by molar-refractivity contribution is 6.05. The molecule has 7 heteroatoms. The first-order chi connectivity index (χ1) is 12.3. The monoisotopic (exact) mass is 358 g/mol. The number of fused-ring (bicyclic) bond motifs is 2. The first-order valence-corrected chi connectivity index (χ1v) is 8.27. The Hall–Kier alpha value is -2.93. The Morgan fingerprint density at radius 1 is 0.885 bits per heavy atom. The summed E-state index contributed by atoms with van der Waals surface area (Å²) >= 11 is 0. The maximum absolute atomic E-state index is 12.5. The van der Waals surface area contributed by atoms with Crippen molar-refractivity contribution in [2.45, 2.75) is 38.3 Å². The number of carbonyl (C=O) groups excluding carboxylic acids is 1. The van der Waals surface area contributed by atoms with Crippen LogP contribution in [0.3, 0.4) is 0 Å². The molecule has 0 fully saturated rings. The number of carbonyl (C=O) groups is 1. The molecule has 2 aliphatic heterocycles. The van der Waals surface area contributed by atoms with E-state index >= 15 is 0 Å². The molecule has 0 aromatic heterocycles. The SMILES string of the molecule is CC1Oc2ccc([C@H]3Oc4cc(O)cc(O)c4C(=O)[C@@H]3O)cc2OC1C. The van der Waals surface area contributed by atoms with Crippen LogP contribution >= 0.6 is 0 Å². The Kier molecular flexibility index (Phi) is 3.69. The molecule has 4 atom stereocenters. The highest BCUT2D eigenvalue weighted by Gasteiger charge is 2.39. The van der Waals surface area contributed by atoms with Crippen LogP contribution in [0.1, 0.15) is 35.9 Å². The lowest BCUT2D eigenvalue weighted by Gasteiger charge is -2.33. The highest BCUT2D eigenvalue weighted by Crippen LogP contribution is 2.43. The largest absolute Gasteiger partial charge is 0.508 e. The molecule has 3 N–H and O–H groups in total. The summed E-state index contributed by atoms with van der Waals surface area (Å²) < 4.78 is 17.3. The van der Waals surface area contributed by atoms with Gasteiger partial charge in [0.25, 0.3) is 0 Å². The lowest BCUT2D eigenvalue weighted by molar-refractivity contribution is 0.0200. The van der Waals surface area contributed by atoms with Crippen molar-refractivity contribution in [1.82, 2.24) is 0 Å². The summed E-state index contributed by atoms with van der Waals surface area (Å²) in [6.45, 7) is 3.79. The van der Waals surface area contributed by atoms with Gasteiger partial charge in [-0.25, -0.2) is 0 Å². The van der Waals surface area contributed by atoms with Crippen LogP contribution in [0.2, 0.25) is 0 Å². The lowest BCUT2D eigenvalue weighted by Crippen LogP contribution is -2.37. The van der Waals surface area contributed by atoms with Crippen molar-refractivity contribution in [1.29, 1.82) is 0 Å². The van der Waals surface area contributed by atoms with Crippen LogP contribution in [-0.2, 0) is 0 Å². The molecule has 2 aromatic rings. The summed E-state index contributed by atoms with van der Waals surface area (Å²) in [4.78, 5) is 12.5. The molecular weight excluding hydrogens is 340 g/mol. The molecule has 4 rings (SSSR count). The van der Waals surface area contributed by atoms with Gasteiger partial charge in [0.2, 0.25) is 5.78 Å². The fourth-order valence-corrected chi connectivity index (χ4v) is 3.15. The maximum atomic E-state index is 12.5. The zero-order valence-electron chi connectivity index (χ0n) is 14.2. The molecule has 26 heavy (non-hydrogen) atoms. The number of phenolic OH excluding ortho intramolecular Hbond substituents is 2. The van der Waals surface area contributed by atoms with Gasteiger partial charge in [0.1, 0.15) is 35.0 Å². The van der Waals surface area contributed by atoms with Crippen LogP contribution in [0, 0.1) is 0 Å². The smallest absolute Gasteiger partial charge is 0.202 e. The average molecular weight is 358 g/mol. The van der Waals surface area contributed by atoms with E-state index in [-0.39, 0.29) is 29.3 Å².